The summed E-state index contributed by atoms with van der Waals surface area (Å²) in [6.07, 6.45) is 2.88. The van der Waals surface area contributed by atoms with Crippen molar-refractivity contribution in [2.24, 2.45) is 0 Å². The molecule has 0 aliphatic carbocycles. The van der Waals surface area contributed by atoms with Gasteiger partial charge in [-0.1, -0.05) is 48.0 Å². The second-order valence-electron chi connectivity index (χ2n) is 7.51. The molecule has 2 aromatic carbocycles. The lowest BCUT2D eigenvalue weighted by Crippen LogP contribution is -2.47. The van der Waals surface area contributed by atoms with Crippen molar-refractivity contribution in [3.05, 3.63) is 113 Å². The average molecular weight is 492 g/mol. The summed E-state index contributed by atoms with van der Waals surface area (Å²) in [6, 6.07) is 21.0. The molecule has 35 heavy (non-hydrogen) atoms. The van der Waals surface area contributed by atoms with Gasteiger partial charge in [0.1, 0.15) is 11.8 Å². The van der Waals surface area contributed by atoms with Crippen molar-refractivity contribution in [1.82, 2.24) is 10.6 Å². The minimum absolute atomic E-state index is 0.0721. The van der Waals surface area contributed by atoms with E-state index in [0.29, 0.717) is 22.0 Å². The second kappa shape index (κ2) is 11.2. The van der Waals surface area contributed by atoms with E-state index in [1.807, 2.05) is 6.07 Å². The van der Waals surface area contributed by atoms with Crippen LogP contribution >= 0.6 is 11.6 Å². The zero-order chi connectivity index (χ0) is 24.6. The third-order valence-electron chi connectivity index (χ3n) is 5.14. The van der Waals surface area contributed by atoms with Crippen LogP contribution in [0.15, 0.2) is 100 Å². The van der Waals surface area contributed by atoms with E-state index in [1.165, 1.54) is 23.5 Å². The Morgan fingerprint density at radius 1 is 0.857 bits per heavy atom. The summed E-state index contributed by atoms with van der Waals surface area (Å²) >= 11 is 6.21. The lowest BCUT2D eigenvalue weighted by Gasteiger charge is -2.31. The van der Waals surface area contributed by atoms with Crippen molar-refractivity contribution < 1.29 is 23.2 Å². The molecule has 178 valence electrons. The summed E-state index contributed by atoms with van der Waals surface area (Å²) in [7, 11) is 0. The monoisotopic (exact) mass is 491 g/mol. The van der Waals surface area contributed by atoms with Crippen molar-refractivity contribution >= 4 is 35.0 Å². The molecule has 8 nitrogen and oxygen atoms in total. The van der Waals surface area contributed by atoms with Crippen LogP contribution < -0.4 is 15.5 Å². The summed E-state index contributed by atoms with van der Waals surface area (Å²) in [5.74, 6) is -0.861. The van der Waals surface area contributed by atoms with Gasteiger partial charge in [0.15, 0.2) is 5.76 Å². The Hall–Kier alpha value is -4.30. The Balaban J connectivity index is 1.65. The summed E-state index contributed by atoms with van der Waals surface area (Å²) in [6.45, 7) is -0.233. The number of furan rings is 2. The molecule has 0 radical (unpaired) electrons. The molecule has 9 heteroatoms. The van der Waals surface area contributed by atoms with E-state index in [9.17, 15) is 14.4 Å². The molecule has 0 spiro atoms. The lowest BCUT2D eigenvalue weighted by molar-refractivity contribution is -0.126. The molecule has 2 aromatic heterocycles. The van der Waals surface area contributed by atoms with Crippen LogP contribution in [-0.2, 0) is 16.1 Å². The van der Waals surface area contributed by atoms with E-state index in [2.05, 4.69) is 10.6 Å². The minimum Gasteiger partial charge on any atom is -0.467 e. The van der Waals surface area contributed by atoms with E-state index in [0.717, 1.165) is 0 Å². The molecule has 0 saturated heterocycles. The van der Waals surface area contributed by atoms with Crippen molar-refractivity contribution in [2.75, 3.05) is 11.4 Å². The first-order valence-electron chi connectivity index (χ1n) is 10.8. The first-order valence-corrected chi connectivity index (χ1v) is 11.1. The first kappa shape index (κ1) is 23.8. The number of carbonyl (C=O) groups is 3. The fourth-order valence-electron chi connectivity index (χ4n) is 3.54. The summed E-state index contributed by atoms with van der Waals surface area (Å²) < 4.78 is 10.4. The highest BCUT2D eigenvalue weighted by Crippen LogP contribution is 2.30. The maximum atomic E-state index is 13.5. The van der Waals surface area contributed by atoms with Gasteiger partial charge in [0.05, 0.1) is 25.6 Å². The molecule has 2 heterocycles. The fourth-order valence-corrected chi connectivity index (χ4v) is 3.72. The van der Waals surface area contributed by atoms with Crippen LogP contribution in [0.5, 0.6) is 0 Å². The molecular weight excluding hydrogens is 470 g/mol. The molecule has 4 aromatic rings. The summed E-state index contributed by atoms with van der Waals surface area (Å²) in [4.78, 5) is 40.7. The van der Waals surface area contributed by atoms with Crippen molar-refractivity contribution in [3.63, 3.8) is 0 Å². The van der Waals surface area contributed by atoms with Crippen LogP contribution in [0, 0.1) is 0 Å². The largest absolute Gasteiger partial charge is 0.467 e. The number of rotatable bonds is 9. The molecule has 3 amide bonds. The van der Waals surface area contributed by atoms with Crippen LogP contribution in [0.1, 0.15) is 27.9 Å². The Morgan fingerprint density at radius 2 is 1.63 bits per heavy atom. The van der Waals surface area contributed by atoms with Crippen molar-refractivity contribution in [1.29, 1.82) is 0 Å². The summed E-state index contributed by atoms with van der Waals surface area (Å²) in [5, 5.41) is 5.77. The molecular formula is C26H22ClN3O5. The number of carbonyl (C=O) groups excluding carboxylic acids is 3. The van der Waals surface area contributed by atoms with E-state index in [1.54, 1.807) is 66.7 Å². The smallest absolute Gasteiger partial charge is 0.287 e. The van der Waals surface area contributed by atoms with Gasteiger partial charge in [-0.3, -0.25) is 19.3 Å². The van der Waals surface area contributed by atoms with Crippen LogP contribution in [-0.4, -0.2) is 24.3 Å². The highest BCUT2D eigenvalue weighted by Gasteiger charge is 2.33. The van der Waals surface area contributed by atoms with Gasteiger partial charge in [-0.05, 0) is 48.0 Å². The van der Waals surface area contributed by atoms with Crippen LogP contribution in [0.4, 0.5) is 5.69 Å². The zero-order valence-electron chi connectivity index (χ0n) is 18.5. The Bertz CT molecular complexity index is 1270. The Morgan fingerprint density at radius 3 is 2.31 bits per heavy atom. The van der Waals surface area contributed by atoms with Gasteiger partial charge in [0.2, 0.25) is 11.8 Å². The van der Waals surface area contributed by atoms with E-state index >= 15 is 0 Å². The topological polar surface area (TPSA) is 105 Å². The van der Waals surface area contributed by atoms with Crippen LogP contribution in [0.3, 0.4) is 0 Å². The third kappa shape index (κ3) is 5.99. The highest BCUT2D eigenvalue weighted by molar-refractivity contribution is 6.31. The molecule has 1 atom stereocenters. The number of halogens is 1. The molecule has 0 aliphatic rings. The zero-order valence-corrected chi connectivity index (χ0v) is 19.3. The van der Waals surface area contributed by atoms with Gasteiger partial charge in [-0.15, -0.1) is 0 Å². The van der Waals surface area contributed by atoms with E-state index in [4.69, 9.17) is 20.4 Å². The number of nitrogens with one attached hydrogen (secondary N) is 2. The average Bonchev–Trinajstić information content (AvgIpc) is 3.59. The third-order valence-corrected chi connectivity index (χ3v) is 5.37. The molecule has 0 bridgehead atoms. The number of benzene rings is 2. The molecule has 0 saturated carbocycles. The van der Waals surface area contributed by atoms with Crippen LogP contribution in [0.2, 0.25) is 5.02 Å². The lowest BCUT2D eigenvalue weighted by atomic mass is 10.0. The number of anilines is 1. The quantitative estimate of drug-likeness (QED) is 0.362. The van der Waals surface area contributed by atoms with Gasteiger partial charge in [0, 0.05) is 10.7 Å². The summed E-state index contributed by atoms with van der Waals surface area (Å²) in [5.41, 5.74) is 0.979. The molecule has 0 fully saturated rings. The normalized spacial score (nSPS) is 11.5. The molecule has 2 N–H and O–H groups in total. The van der Waals surface area contributed by atoms with E-state index < -0.39 is 23.8 Å². The minimum atomic E-state index is -1.04. The first-order chi connectivity index (χ1) is 17.0. The van der Waals surface area contributed by atoms with Crippen LogP contribution in [0.25, 0.3) is 0 Å². The number of hydrogen-bond acceptors (Lipinski definition) is 5. The molecule has 0 aliphatic heterocycles. The maximum Gasteiger partial charge on any atom is 0.287 e. The highest BCUT2D eigenvalue weighted by atomic mass is 35.5. The van der Waals surface area contributed by atoms with Gasteiger partial charge in [-0.2, -0.15) is 0 Å². The standard InChI is InChI=1S/C26H22ClN3O5/c27-19-9-4-10-20(15-19)30(23(31)17-29-25(32)22-12-6-14-35-22)24(18-7-2-1-3-8-18)26(33)28-16-21-11-5-13-34-21/h1-15,24H,16-17H2,(H,28,33)(H,29,32)/t24-/m1/s1. The predicted molar refractivity (Wildman–Crippen MR) is 130 cm³/mol. The number of hydrogen-bond donors (Lipinski definition) is 2. The van der Waals surface area contributed by atoms with Crippen molar-refractivity contribution in [3.8, 4) is 0 Å². The Labute approximate surface area is 206 Å². The Kier molecular flexibility index (Phi) is 7.64. The van der Waals surface area contributed by atoms with Gasteiger partial charge in [0.25, 0.3) is 5.91 Å². The molecule has 0 unspecified atom stereocenters. The maximum absolute atomic E-state index is 13.5. The SMILES string of the molecule is O=C(NCC(=O)N(c1cccc(Cl)c1)[C@@H](C(=O)NCc1ccco1)c1ccccc1)c1ccco1. The van der Waals surface area contributed by atoms with Gasteiger partial charge in [-0.25, -0.2) is 0 Å². The predicted octanol–water partition coefficient (Wildman–Crippen LogP) is 4.35. The number of amides is 3. The van der Waals surface area contributed by atoms with Gasteiger partial charge >= 0.3 is 0 Å². The fraction of sp³-hybridized carbons (Fsp3) is 0.115. The van der Waals surface area contributed by atoms with Crippen molar-refractivity contribution in [2.45, 2.75) is 12.6 Å². The number of nitrogens with zero attached hydrogens (tertiary/aromatic N) is 1. The van der Waals surface area contributed by atoms with E-state index in [-0.39, 0.29) is 18.8 Å². The second-order valence-corrected chi connectivity index (χ2v) is 7.95. The molecule has 4 rings (SSSR count). The van der Waals surface area contributed by atoms with Gasteiger partial charge < -0.3 is 19.5 Å².